The highest BCUT2D eigenvalue weighted by Gasteiger charge is 2.23. The summed E-state index contributed by atoms with van der Waals surface area (Å²) in [5.41, 5.74) is 5.54. The lowest BCUT2D eigenvalue weighted by Gasteiger charge is -2.11. The van der Waals surface area contributed by atoms with E-state index in [9.17, 15) is 9.90 Å². The fraction of sp³-hybridized carbons (Fsp3) is 0.240. The fourth-order valence-electron chi connectivity index (χ4n) is 4.05. The van der Waals surface area contributed by atoms with E-state index in [1.165, 1.54) is 11.3 Å². The second kappa shape index (κ2) is 10.0. The monoisotopic (exact) mass is 504 g/mol. The van der Waals surface area contributed by atoms with Gasteiger partial charge in [0.2, 0.25) is 5.82 Å². The maximum absolute atomic E-state index is 12.0. The van der Waals surface area contributed by atoms with Crippen molar-refractivity contribution in [2.24, 2.45) is 0 Å². The number of carboxylic acid groups (broad SMARTS) is 1. The molecule has 0 saturated heterocycles. The van der Waals surface area contributed by atoms with Crippen molar-refractivity contribution in [3.05, 3.63) is 63.8 Å². The lowest BCUT2D eigenvalue weighted by molar-refractivity contribution is 0.0703. The summed E-state index contributed by atoms with van der Waals surface area (Å²) in [5.74, 6) is 0.591. The van der Waals surface area contributed by atoms with Crippen molar-refractivity contribution in [2.45, 2.75) is 38.4 Å². The molecule has 0 atom stereocenters. The topological polar surface area (TPSA) is 110 Å². The van der Waals surface area contributed by atoms with Crippen molar-refractivity contribution < 1.29 is 9.90 Å². The second-order valence-electron chi connectivity index (χ2n) is 8.15. The first-order valence-corrected chi connectivity index (χ1v) is 13.1. The predicted octanol–water partition coefficient (Wildman–Crippen LogP) is 5.89. The van der Waals surface area contributed by atoms with Crippen LogP contribution in [0.2, 0.25) is 0 Å². The number of carbonyl (C=O) groups is 1. The molecule has 0 aliphatic rings. The quantitative estimate of drug-likeness (QED) is 0.190. The molecular formula is C25H24N6O2S2. The number of carboxylic acids is 1. The highest BCUT2D eigenvalue weighted by molar-refractivity contribution is 7.99. The molecule has 0 bridgehead atoms. The Labute approximate surface area is 210 Å². The minimum atomic E-state index is -0.909. The highest BCUT2D eigenvalue weighted by Crippen LogP contribution is 2.36. The van der Waals surface area contributed by atoms with Crippen LogP contribution in [0.4, 0.5) is 0 Å². The predicted molar refractivity (Wildman–Crippen MR) is 139 cm³/mol. The number of aromatic carboxylic acids is 1. The van der Waals surface area contributed by atoms with Gasteiger partial charge in [-0.25, -0.2) is 9.78 Å². The maximum atomic E-state index is 12.0. The number of thioether (sulfide) groups is 1. The van der Waals surface area contributed by atoms with E-state index in [-0.39, 0.29) is 0 Å². The lowest BCUT2D eigenvalue weighted by Crippen LogP contribution is -2.05. The number of thiophene rings is 1. The molecule has 2 N–H and O–H groups in total. The third-order valence-corrected chi connectivity index (χ3v) is 7.91. The Morgan fingerprint density at radius 2 is 1.91 bits per heavy atom. The molecule has 0 aliphatic heterocycles. The summed E-state index contributed by atoms with van der Waals surface area (Å²) in [7, 11) is 0. The number of hydrogen-bond donors (Lipinski definition) is 2. The van der Waals surface area contributed by atoms with Crippen LogP contribution in [0.5, 0.6) is 0 Å². The van der Waals surface area contributed by atoms with Gasteiger partial charge in [0.15, 0.2) is 5.16 Å². The third kappa shape index (κ3) is 4.59. The maximum Gasteiger partial charge on any atom is 0.348 e. The highest BCUT2D eigenvalue weighted by atomic mass is 32.2. The van der Waals surface area contributed by atoms with E-state index in [0.717, 1.165) is 56.4 Å². The normalized spacial score (nSPS) is 11.4. The number of imidazole rings is 1. The molecule has 0 saturated carbocycles. The Morgan fingerprint density at radius 3 is 2.60 bits per heavy atom. The van der Waals surface area contributed by atoms with Crippen LogP contribution in [-0.4, -0.2) is 47.0 Å². The van der Waals surface area contributed by atoms with Crippen molar-refractivity contribution in [3.63, 3.8) is 0 Å². The fourth-order valence-corrected chi connectivity index (χ4v) is 6.06. The van der Waals surface area contributed by atoms with E-state index in [2.05, 4.69) is 56.4 Å². The number of nitrogens with one attached hydrogen (secondary N) is 1. The zero-order chi connectivity index (χ0) is 24.4. The van der Waals surface area contributed by atoms with Crippen molar-refractivity contribution in [1.29, 1.82) is 0 Å². The van der Waals surface area contributed by atoms with Gasteiger partial charge in [-0.05, 0) is 35.2 Å². The van der Waals surface area contributed by atoms with Gasteiger partial charge in [-0.3, -0.25) is 0 Å². The summed E-state index contributed by atoms with van der Waals surface area (Å²) in [6.45, 7) is 4.65. The van der Waals surface area contributed by atoms with E-state index in [4.69, 9.17) is 4.98 Å². The zero-order valence-corrected chi connectivity index (χ0v) is 21.0. The standard InChI is InChI=1S/C25H24N6O2S2/c1-3-4-13-34-25-26-20-15(2)35-22(24(32)33)21(20)31(25)14-16-9-11-17(12-10-16)18-7-5-6-8-19(18)23-27-29-30-28-23/h5-12H,3-4,13-14H2,1-2H3,(H,32,33)(H,27,28,29,30). The molecule has 35 heavy (non-hydrogen) atoms. The average molecular weight is 505 g/mol. The average Bonchev–Trinajstić information content (AvgIpc) is 3.59. The molecule has 10 heteroatoms. The van der Waals surface area contributed by atoms with Crippen LogP contribution in [0.1, 0.15) is 39.9 Å². The van der Waals surface area contributed by atoms with Crippen molar-refractivity contribution >= 4 is 40.1 Å². The van der Waals surface area contributed by atoms with Crippen LogP contribution >= 0.6 is 23.1 Å². The van der Waals surface area contributed by atoms with Crippen LogP contribution in [0.15, 0.2) is 53.7 Å². The van der Waals surface area contributed by atoms with E-state index in [1.54, 1.807) is 11.8 Å². The lowest BCUT2D eigenvalue weighted by atomic mass is 9.98. The molecule has 2 aromatic carbocycles. The van der Waals surface area contributed by atoms with E-state index in [0.29, 0.717) is 22.8 Å². The molecular weight excluding hydrogens is 480 g/mol. The number of aromatic amines is 1. The molecule has 3 aromatic heterocycles. The molecule has 0 radical (unpaired) electrons. The van der Waals surface area contributed by atoms with Crippen LogP contribution in [0.25, 0.3) is 33.5 Å². The molecule has 0 fully saturated rings. The molecule has 0 spiro atoms. The summed E-state index contributed by atoms with van der Waals surface area (Å²) in [5, 5.41) is 25.1. The van der Waals surface area contributed by atoms with Gasteiger partial charge in [-0.1, -0.05) is 73.6 Å². The molecule has 8 nitrogen and oxygen atoms in total. The van der Waals surface area contributed by atoms with Crippen LogP contribution < -0.4 is 0 Å². The smallest absolute Gasteiger partial charge is 0.348 e. The number of hydrogen-bond acceptors (Lipinski definition) is 7. The first kappa shape index (κ1) is 23.3. The zero-order valence-electron chi connectivity index (χ0n) is 19.4. The van der Waals surface area contributed by atoms with Gasteiger partial charge in [-0.15, -0.1) is 21.5 Å². The summed E-state index contributed by atoms with van der Waals surface area (Å²) in [6.07, 6.45) is 2.19. The van der Waals surface area contributed by atoms with Gasteiger partial charge < -0.3 is 9.67 Å². The number of unbranched alkanes of at least 4 members (excludes halogenated alkanes) is 1. The molecule has 0 unspecified atom stereocenters. The van der Waals surface area contributed by atoms with Gasteiger partial charge in [0.25, 0.3) is 0 Å². The Hall–Kier alpha value is -3.50. The molecule has 0 aliphatic carbocycles. The van der Waals surface area contributed by atoms with Crippen LogP contribution in [0, 0.1) is 6.92 Å². The SMILES string of the molecule is CCCCSc1nc2c(C)sc(C(=O)O)c2n1Cc1ccc(-c2ccccc2-c2nn[nH]n2)cc1. The number of aromatic nitrogens is 6. The molecule has 0 amide bonds. The van der Waals surface area contributed by atoms with Crippen LogP contribution in [-0.2, 0) is 6.54 Å². The number of tetrazole rings is 1. The molecule has 5 rings (SSSR count). The summed E-state index contributed by atoms with van der Waals surface area (Å²) >= 11 is 2.98. The van der Waals surface area contributed by atoms with Crippen molar-refractivity contribution in [2.75, 3.05) is 5.75 Å². The third-order valence-electron chi connectivity index (χ3n) is 5.78. The van der Waals surface area contributed by atoms with Crippen LogP contribution in [0.3, 0.4) is 0 Å². The van der Waals surface area contributed by atoms with Gasteiger partial charge in [0.1, 0.15) is 10.4 Å². The van der Waals surface area contributed by atoms with Gasteiger partial charge in [-0.2, -0.15) is 5.21 Å². The van der Waals surface area contributed by atoms with Gasteiger partial charge in [0, 0.05) is 16.2 Å². The Morgan fingerprint density at radius 1 is 1.14 bits per heavy atom. The number of H-pyrrole nitrogens is 1. The minimum Gasteiger partial charge on any atom is -0.477 e. The van der Waals surface area contributed by atoms with Crippen molar-refractivity contribution in [3.8, 4) is 22.5 Å². The number of benzene rings is 2. The Kier molecular flexibility index (Phi) is 6.65. The summed E-state index contributed by atoms with van der Waals surface area (Å²) in [6, 6.07) is 16.3. The van der Waals surface area contributed by atoms with Gasteiger partial charge >= 0.3 is 5.97 Å². The minimum absolute atomic E-state index is 0.345. The first-order chi connectivity index (χ1) is 17.1. The van der Waals surface area contributed by atoms with E-state index < -0.39 is 5.97 Å². The molecule has 3 heterocycles. The summed E-state index contributed by atoms with van der Waals surface area (Å²) in [4.78, 5) is 18.1. The number of fused-ring (bicyclic) bond motifs is 1. The van der Waals surface area contributed by atoms with E-state index >= 15 is 0 Å². The number of rotatable bonds is 9. The Balaban J connectivity index is 1.50. The molecule has 178 valence electrons. The van der Waals surface area contributed by atoms with Gasteiger partial charge in [0.05, 0.1) is 12.1 Å². The summed E-state index contributed by atoms with van der Waals surface area (Å²) < 4.78 is 2.06. The number of nitrogens with zero attached hydrogens (tertiary/aromatic N) is 5. The van der Waals surface area contributed by atoms with Crippen molar-refractivity contribution in [1.82, 2.24) is 30.2 Å². The molecule has 5 aromatic rings. The Bertz CT molecular complexity index is 1470. The van der Waals surface area contributed by atoms with E-state index in [1.807, 2.05) is 31.2 Å². The number of aryl methyl sites for hydroxylation is 1. The largest absolute Gasteiger partial charge is 0.477 e. The first-order valence-electron chi connectivity index (χ1n) is 11.3. The second-order valence-corrected chi connectivity index (χ2v) is 10.4.